The SMILES string of the molecule is C=CCn1c(SCC#N)nnc1-c1cccc(S(=O)(=O)N(CC)CC)c1. The van der Waals surface area contributed by atoms with E-state index in [2.05, 4.69) is 22.8 Å². The molecule has 26 heavy (non-hydrogen) atoms. The first-order valence-electron chi connectivity index (χ1n) is 8.14. The summed E-state index contributed by atoms with van der Waals surface area (Å²) < 4.78 is 28.8. The van der Waals surface area contributed by atoms with Crippen molar-refractivity contribution in [2.75, 3.05) is 18.8 Å². The highest BCUT2D eigenvalue weighted by molar-refractivity contribution is 7.99. The van der Waals surface area contributed by atoms with Crippen LogP contribution in [0.3, 0.4) is 0 Å². The molecule has 2 aromatic rings. The van der Waals surface area contributed by atoms with Crippen molar-refractivity contribution in [3.8, 4) is 17.5 Å². The molecule has 0 radical (unpaired) electrons. The Hall–Kier alpha value is -2.15. The minimum atomic E-state index is -3.56. The molecule has 2 rings (SSSR count). The van der Waals surface area contributed by atoms with Crippen LogP contribution < -0.4 is 0 Å². The first kappa shape index (κ1) is 20.2. The van der Waals surface area contributed by atoms with Crippen LogP contribution in [0.1, 0.15) is 13.8 Å². The molecule has 0 atom stereocenters. The number of thioether (sulfide) groups is 1. The summed E-state index contributed by atoms with van der Waals surface area (Å²) in [5.74, 6) is 0.799. The molecule has 0 saturated carbocycles. The van der Waals surface area contributed by atoms with Crippen LogP contribution in [0.2, 0.25) is 0 Å². The Morgan fingerprint density at radius 3 is 2.69 bits per heavy atom. The molecule has 0 aliphatic heterocycles. The lowest BCUT2D eigenvalue weighted by Gasteiger charge is -2.18. The van der Waals surface area contributed by atoms with Crippen molar-refractivity contribution in [3.05, 3.63) is 36.9 Å². The molecule has 7 nitrogen and oxygen atoms in total. The van der Waals surface area contributed by atoms with E-state index in [1.165, 1.54) is 16.1 Å². The normalized spacial score (nSPS) is 11.5. The maximum absolute atomic E-state index is 12.8. The fraction of sp³-hybridized carbons (Fsp3) is 0.353. The van der Waals surface area contributed by atoms with Gasteiger partial charge in [0.15, 0.2) is 11.0 Å². The van der Waals surface area contributed by atoms with Crippen molar-refractivity contribution in [1.29, 1.82) is 5.26 Å². The second-order valence-corrected chi connectivity index (χ2v) is 8.15. The lowest BCUT2D eigenvalue weighted by molar-refractivity contribution is 0.445. The zero-order valence-corrected chi connectivity index (χ0v) is 16.4. The van der Waals surface area contributed by atoms with Crippen molar-refractivity contribution in [1.82, 2.24) is 19.1 Å². The van der Waals surface area contributed by atoms with Crippen molar-refractivity contribution in [3.63, 3.8) is 0 Å². The Morgan fingerprint density at radius 2 is 2.08 bits per heavy atom. The van der Waals surface area contributed by atoms with Gasteiger partial charge in [0.25, 0.3) is 0 Å². The van der Waals surface area contributed by atoms with Crippen LogP contribution in [0.5, 0.6) is 0 Å². The highest BCUT2D eigenvalue weighted by Crippen LogP contribution is 2.26. The summed E-state index contributed by atoms with van der Waals surface area (Å²) in [6, 6.07) is 8.74. The van der Waals surface area contributed by atoms with Gasteiger partial charge in [0.2, 0.25) is 10.0 Å². The van der Waals surface area contributed by atoms with E-state index in [9.17, 15) is 8.42 Å². The lowest BCUT2D eigenvalue weighted by atomic mass is 10.2. The lowest BCUT2D eigenvalue weighted by Crippen LogP contribution is -2.30. The summed E-state index contributed by atoms with van der Waals surface area (Å²) >= 11 is 1.28. The molecule has 0 fully saturated rings. The average molecular weight is 392 g/mol. The van der Waals surface area contributed by atoms with Gasteiger partial charge in [0, 0.05) is 25.2 Å². The largest absolute Gasteiger partial charge is 0.298 e. The standard InChI is InChI=1S/C17H21N5O2S2/c1-4-11-22-16(19-20-17(22)25-12-10-18)14-8-7-9-15(13-14)26(23,24)21(5-2)6-3/h4,7-9,13H,1,5-6,11-12H2,2-3H3. The van der Waals surface area contributed by atoms with Crippen LogP contribution in [0.25, 0.3) is 11.4 Å². The molecule has 0 N–H and O–H groups in total. The molecule has 1 aromatic carbocycles. The number of sulfonamides is 1. The van der Waals surface area contributed by atoms with Gasteiger partial charge in [-0.15, -0.1) is 16.8 Å². The number of allylic oxidation sites excluding steroid dienone is 1. The number of benzene rings is 1. The molecule has 0 saturated heterocycles. The van der Waals surface area contributed by atoms with E-state index < -0.39 is 10.0 Å². The third kappa shape index (κ3) is 4.15. The van der Waals surface area contributed by atoms with Crippen LogP contribution in [-0.2, 0) is 16.6 Å². The van der Waals surface area contributed by atoms with Gasteiger partial charge in [0.1, 0.15) is 0 Å². The smallest absolute Gasteiger partial charge is 0.243 e. The summed E-state index contributed by atoms with van der Waals surface area (Å²) in [7, 11) is -3.56. The van der Waals surface area contributed by atoms with E-state index in [-0.39, 0.29) is 10.6 Å². The molecule has 138 valence electrons. The molecular weight excluding hydrogens is 370 g/mol. The Kier molecular flexibility index (Phi) is 6.97. The predicted octanol–water partition coefficient (Wildman–Crippen LogP) is 2.78. The van der Waals surface area contributed by atoms with Crippen molar-refractivity contribution >= 4 is 21.8 Å². The van der Waals surface area contributed by atoms with E-state index in [1.54, 1.807) is 30.3 Å². The third-order valence-corrected chi connectivity index (χ3v) is 6.61. The molecule has 9 heteroatoms. The van der Waals surface area contributed by atoms with Crippen LogP contribution in [-0.4, -0.2) is 46.3 Å². The number of aromatic nitrogens is 3. The van der Waals surface area contributed by atoms with Crippen molar-refractivity contribution in [2.45, 2.75) is 30.4 Å². The Balaban J connectivity index is 2.50. The van der Waals surface area contributed by atoms with E-state index in [0.29, 0.717) is 36.2 Å². The summed E-state index contributed by atoms with van der Waals surface area (Å²) in [5, 5.41) is 17.7. The van der Waals surface area contributed by atoms with Gasteiger partial charge in [-0.3, -0.25) is 4.57 Å². The van der Waals surface area contributed by atoms with Gasteiger partial charge in [-0.2, -0.15) is 9.57 Å². The molecule has 0 spiro atoms. The minimum absolute atomic E-state index is 0.220. The number of hydrogen-bond acceptors (Lipinski definition) is 6. The first-order chi connectivity index (χ1) is 12.5. The summed E-state index contributed by atoms with van der Waals surface area (Å²) in [6.45, 7) is 8.64. The molecule has 0 amide bonds. The zero-order chi connectivity index (χ0) is 19.2. The topological polar surface area (TPSA) is 91.9 Å². The van der Waals surface area contributed by atoms with Gasteiger partial charge >= 0.3 is 0 Å². The highest BCUT2D eigenvalue weighted by Gasteiger charge is 2.23. The van der Waals surface area contributed by atoms with Gasteiger partial charge < -0.3 is 0 Å². The minimum Gasteiger partial charge on any atom is -0.298 e. The van der Waals surface area contributed by atoms with E-state index in [0.717, 1.165) is 0 Å². The van der Waals surface area contributed by atoms with E-state index >= 15 is 0 Å². The van der Waals surface area contributed by atoms with Crippen molar-refractivity contribution < 1.29 is 8.42 Å². The van der Waals surface area contributed by atoms with Crippen molar-refractivity contribution in [2.24, 2.45) is 0 Å². The number of nitrogens with zero attached hydrogens (tertiary/aromatic N) is 5. The average Bonchev–Trinajstić information content (AvgIpc) is 3.04. The second kappa shape index (κ2) is 8.98. The fourth-order valence-electron chi connectivity index (χ4n) is 2.51. The van der Waals surface area contributed by atoms with E-state index in [1.807, 2.05) is 18.4 Å². The summed E-state index contributed by atoms with van der Waals surface area (Å²) in [5.41, 5.74) is 0.649. The maximum atomic E-state index is 12.8. The zero-order valence-electron chi connectivity index (χ0n) is 14.8. The summed E-state index contributed by atoms with van der Waals surface area (Å²) in [6.07, 6.45) is 1.71. The quantitative estimate of drug-likeness (QED) is 0.482. The maximum Gasteiger partial charge on any atom is 0.243 e. The van der Waals surface area contributed by atoms with Gasteiger partial charge in [-0.25, -0.2) is 8.42 Å². The molecule has 0 aliphatic carbocycles. The Bertz CT molecular complexity index is 911. The Morgan fingerprint density at radius 1 is 1.35 bits per heavy atom. The number of nitriles is 1. The summed E-state index contributed by atoms with van der Waals surface area (Å²) in [4.78, 5) is 0.220. The molecule has 0 unspecified atom stereocenters. The molecule has 0 bridgehead atoms. The second-order valence-electron chi connectivity index (χ2n) is 5.27. The van der Waals surface area contributed by atoms with Crippen LogP contribution in [0.4, 0.5) is 0 Å². The number of hydrogen-bond donors (Lipinski definition) is 0. The fourth-order valence-corrected chi connectivity index (χ4v) is 4.62. The molecular formula is C17H21N5O2S2. The number of rotatable bonds is 9. The molecule has 0 aliphatic rings. The molecule has 1 aromatic heterocycles. The molecule has 1 heterocycles. The highest BCUT2D eigenvalue weighted by atomic mass is 32.2. The predicted molar refractivity (Wildman–Crippen MR) is 102 cm³/mol. The van der Waals surface area contributed by atoms with Crippen LogP contribution in [0.15, 0.2) is 47.0 Å². The van der Waals surface area contributed by atoms with Gasteiger partial charge in [-0.1, -0.05) is 43.8 Å². The van der Waals surface area contributed by atoms with Gasteiger partial charge in [0.05, 0.1) is 16.7 Å². The first-order valence-corrected chi connectivity index (χ1v) is 10.6. The van der Waals surface area contributed by atoms with Gasteiger partial charge in [-0.05, 0) is 12.1 Å². The third-order valence-electron chi connectivity index (χ3n) is 3.73. The van der Waals surface area contributed by atoms with Crippen LogP contribution in [0, 0.1) is 11.3 Å². The van der Waals surface area contributed by atoms with Crippen LogP contribution >= 0.6 is 11.8 Å². The Labute approximate surface area is 158 Å². The van der Waals surface area contributed by atoms with E-state index in [4.69, 9.17) is 5.26 Å². The monoisotopic (exact) mass is 391 g/mol.